The average molecular weight is 913 g/mol. The number of nitrogens with one attached hydrogen (secondary N) is 2. The fourth-order valence-electron chi connectivity index (χ4n) is 11.0. The largest absolute Gasteiger partial charge is 0.444 e. The highest BCUT2D eigenvalue weighted by atomic mass is 19.1. The van der Waals surface area contributed by atoms with Crippen molar-refractivity contribution in [3.8, 4) is 0 Å². The van der Waals surface area contributed by atoms with Gasteiger partial charge in [0.2, 0.25) is 0 Å². The third-order valence-electron chi connectivity index (χ3n) is 14.0. The number of fused-ring (bicyclic) bond motifs is 2. The molecule has 4 aromatic carbocycles. The Morgan fingerprint density at radius 1 is 0.582 bits per heavy atom. The van der Waals surface area contributed by atoms with E-state index in [0.717, 1.165) is 84.6 Å². The molecule has 14 heteroatoms. The summed E-state index contributed by atoms with van der Waals surface area (Å²) in [5.74, 6) is 0.630. The number of hydrogen-bond acceptors (Lipinski definition) is 8. The van der Waals surface area contributed by atoms with Crippen LogP contribution in [0.5, 0.6) is 0 Å². The van der Waals surface area contributed by atoms with Crippen LogP contribution in [0.2, 0.25) is 0 Å². The van der Waals surface area contributed by atoms with E-state index in [4.69, 9.17) is 19.4 Å². The van der Waals surface area contributed by atoms with E-state index in [9.17, 15) is 9.59 Å². The first-order valence-electron chi connectivity index (χ1n) is 24.1. The second kappa shape index (κ2) is 17.5. The topological polar surface area (TPSA) is 123 Å². The van der Waals surface area contributed by atoms with Crippen molar-refractivity contribution in [2.45, 2.75) is 134 Å². The standard InChI is InChI=1S/C53H62F2N8O4/c1-52(2,3)66-50(64)61-24-10-14-45(61)48-56-39-18-16-34(28-41(39)58-48)43-20-21-44(35-17-19-40-42(29-35)59-49(57-40)46-15-11-25-62(46)51(65)67-53(4,5)6)63(43)36-30-37(54)47(38(55)31-36)60-26-22-33(23-27-60)32-12-8-7-9-13-32/h7-9,12-13,16-19,28-31,33,43-46H,10-11,14-15,20-27H2,1-6H3,(H,56,58)(H,57,59)/t43-,44?,45+,46?/m1/s1. The van der Waals surface area contributed by atoms with Gasteiger partial charge in [-0.25, -0.2) is 28.3 Å². The highest BCUT2D eigenvalue weighted by Gasteiger charge is 2.40. The lowest BCUT2D eigenvalue weighted by Gasteiger charge is -2.36. The minimum atomic E-state index is -0.614. The number of amides is 2. The zero-order chi connectivity index (χ0) is 46.8. The van der Waals surface area contributed by atoms with Crippen LogP contribution in [-0.4, -0.2) is 79.3 Å². The van der Waals surface area contributed by atoms with Crippen molar-refractivity contribution in [1.29, 1.82) is 0 Å². The summed E-state index contributed by atoms with van der Waals surface area (Å²) in [5, 5.41) is 0. The Morgan fingerprint density at radius 3 is 1.52 bits per heavy atom. The number of nitrogens with zero attached hydrogens (tertiary/aromatic N) is 6. The third kappa shape index (κ3) is 9.03. The van der Waals surface area contributed by atoms with Crippen LogP contribution in [0.15, 0.2) is 78.9 Å². The number of aromatic nitrogens is 4. The summed E-state index contributed by atoms with van der Waals surface area (Å²) in [6, 6.07) is 24.8. The number of H-pyrrole nitrogens is 2. The molecule has 4 aliphatic heterocycles. The summed E-state index contributed by atoms with van der Waals surface area (Å²) in [5.41, 5.74) is 5.73. The summed E-state index contributed by atoms with van der Waals surface area (Å²) in [6.45, 7) is 13.5. The summed E-state index contributed by atoms with van der Waals surface area (Å²) in [6.07, 6.45) is 5.62. The first-order valence-corrected chi connectivity index (χ1v) is 24.1. The molecule has 10 rings (SSSR count). The molecule has 0 spiro atoms. The summed E-state index contributed by atoms with van der Waals surface area (Å²) in [4.78, 5) is 51.0. The Kier molecular flexibility index (Phi) is 11.6. The maximum absolute atomic E-state index is 16.7. The van der Waals surface area contributed by atoms with Crippen LogP contribution >= 0.6 is 0 Å². The maximum atomic E-state index is 16.7. The van der Waals surface area contributed by atoms with Gasteiger partial charge in [0.1, 0.15) is 28.5 Å². The van der Waals surface area contributed by atoms with Crippen LogP contribution in [0.1, 0.15) is 151 Å². The first kappa shape index (κ1) is 44.6. The molecule has 67 heavy (non-hydrogen) atoms. The van der Waals surface area contributed by atoms with Crippen molar-refractivity contribution in [2.24, 2.45) is 0 Å². The van der Waals surface area contributed by atoms with Crippen molar-refractivity contribution in [3.63, 3.8) is 0 Å². The van der Waals surface area contributed by atoms with E-state index in [0.29, 0.717) is 49.4 Å². The van der Waals surface area contributed by atoms with Crippen molar-refractivity contribution in [1.82, 2.24) is 29.7 Å². The van der Waals surface area contributed by atoms with Gasteiger partial charge in [0.15, 0.2) is 11.6 Å². The minimum absolute atomic E-state index is 0.0278. The number of aromatic amines is 2. The predicted molar refractivity (Wildman–Crippen MR) is 256 cm³/mol. The zero-order valence-corrected chi connectivity index (χ0v) is 39.4. The van der Waals surface area contributed by atoms with Crippen molar-refractivity contribution in [3.05, 3.63) is 119 Å². The molecule has 4 fully saturated rings. The molecule has 2 amide bonds. The lowest BCUT2D eigenvalue weighted by Crippen LogP contribution is -2.36. The van der Waals surface area contributed by atoms with Crippen molar-refractivity contribution >= 4 is 45.6 Å². The monoisotopic (exact) mass is 912 g/mol. The number of carbonyl (C=O) groups is 2. The van der Waals surface area contributed by atoms with Crippen LogP contribution in [0.25, 0.3) is 22.1 Å². The van der Waals surface area contributed by atoms with Gasteiger partial charge in [-0.05, 0) is 152 Å². The van der Waals surface area contributed by atoms with Gasteiger partial charge in [-0.2, -0.15) is 0 Å². The molecular formula is C53H62F2N8O4. The van der Waals surface area contributed by atoms with Crippen LogP contribution in [0.4, 0.5) is 29.7 Å². The third-order valence-corrected chi connectivity index (χ3v) is 14.0. The lowest BCUT2D eigenvalue weighted by atomic mass is 9.89. The van der Waals surface area contributed by atoms with E-state index >= 15 is 8.78 Å². The number of piperidine rings is 1. The lowest BCUT2D eigenvalue weighted by molar-refractivity contribution is 0.0208. The fourth-order valence-corrected chi connectivity index (χ4v) is 11.0. The molecule has 4 atom stereocenters. The molecule has 0 aliphatic carbocycles. The average Bonchev–Trinajstić information content (AvgIpc) is 4.14. The summed E-state index contributed by atoms with van der Waals surface area (Å²) >= 11 is 0. The van der Waals surface area contributed by atoms with Crippen LogP contribution in [-0.2, 0) is 9.47 Å². The smallest absolute Gasteiger partial charge is 0.410 e. The first-order chi connectivity index (χ1) is 32.1. The van der Waals surface area contributed by atoms with Gasteiger partial charge >= 0.3 is 12.2 Å². The van der Waals surface area contributed by atoms with Gasteiger partial charge in [0.25, 0.3) is 0 Å². The fraction of sp³-hybridized carbons (Fsp3) is 0.472. The second-order valence-corrected chi connectivity index (χ2v) is 20.9. The molecule has 6 aromatic rings. The van der Waals surface area contributed by atoms with E-state index < -0.39 is 22.8 Å². The molecule has 12 nitrogen and oxygen atoms in total. The molecule has 2 unspecified atom stereocenters. The molecule has 6 heterocycles. The Hall–Kier alpha value is -6.18. The van der Waals surface area contributed by atoms with E-state index in [1.54, 1.807) is 9.80 Å². The number of imidazole rings is 2. The van der Waals surface area contributed by atoms with Gasteiger partial charge < -0.3 is 29.2 Å². The molecule has 352 valence electrons. The number of benzene rings is 4. The Balaban J connectivity index is 0.973. The van der Waals surface area contributed by atoms with Gasteiger partial charge in [-0.1, -0.05) is 42.5 Å². The SMILES string of the molecule is CC(C)(C)OC(=O)N1CCCC1c1nc2ccc(C3CC[C@H](c4ccc5nc([C@@H]6CCCN6C(=O)OC(C)(C)C)[nH]c5c4)N3c3cc(F)c(N4CCC(c5ccccc5)CC4)c(F)c3)cc2[nH]1. The number of carbonyl (C=O) groups excluding carboxylic acids is 2. The Bertz CT molecular complexity index is 2630. The van der Waals surface area contributed by atoms with Crippen LogP contribution in [0, 0.1) is 11.6 Å². The molecule has 0 bridgehead atoms. The molecule has 0 saturated carbocycles. The van der Waals surface area contributed by atoms with Gasteiger partial charge in [0, 0.05) is 31.9 Å². The molecule has 2 aromatic heterocycles. The number of likely N-dealkylation sites (tertiary alicyclic amines) is 2. The number of rotatable bonds is 7. The van der Waals surface area contributed by atoms with E-state index in [-0.39, 0.29) is 42.0 Å². The molecule has 4 saturated heterocycles. The maximum Gasteiger partial charge on any atom is 0.410 e. The van der Waals surface area contributed by atoms with Crippen molar-refractivity contribution < 1.29 is 27.8 Å². The Labute approximate surface area is 391 Å². The minimum Gasteiger partial charge on any atom is -0.444 e. The predicted octanol–water partition coefficient (Wildman–Crippen LogP) is 12.3. The van der Waals surface area contributed by atoms with E-state index in [1.165, 1.54) is 17.7 Å². The number of halogens is 2. The number of anilines is 2. The van der Waals surface area contributed by atoms with Gasteiger partial charge in [-0.3, -0.25) is 9.80 Å². The molecule has 0 radical (unpaired) electrons. The van der Waals surface area contributed by atoms with E-state index in [2.05, 4.69) is 51.3 Å². The van der Waals surface area contributed by atoms with Gasteiger partial charge in [0.05, 0.1) is 46.2 Å². The second-order valence-electron chi connectivity index (χ2n) is 20.9. The molecule has 4 aliphatic rings. The molecular weight excluding hydrogens is 851 g/mol. The molecule has 2 N–H and O–H groups in total. The normalized spacial score (nSPS) is 21.9. The zero-order valence-electron chi connectivity index (χ0n) is 39.4. The highest BCUT2D eigenvalue weighted by Crippen LogP contribution is 2.49. The van der Waals surface area contributed by atoms with Crippen LogP contribution < -0.4 is 9.80 Å². The highest BCUT2D eigenvalue weighted by molar-refractivity contribution is 5.79. The van der Waals surface area contributed by atoms with E-state index in [1.807, 2.05) is 76.8 Å². The van der Waals surface area contributed by atoms with Crippen molar-refractivity contribution in [2.75, 3.05) is 36.0 Å². The summed E-state index contributed by atoms with van der Waals surface area (Å²) in [7, 11) is 0. The number of ether oxygens (including phenoxy) is 2. The Morgan fingerprint density at radius 2 is 1.06 bits per heavy atom. The summed E-state index contributed by atoms with van der Waals surface area (Å²) < 4.78 is 44.9. The van der Waals surface area contributed by atoms with Crippen LogP contribution in [0.3, 0.4) is 0 Å². The van der Waals surface area contributed by atoms with Gasteiger partial charge in [-0.15, -0.1) is 0 Å². The number of hydrogen-bond donors (Lipinski definition) is 2. The quantitative estimate of drug-likeness (QED) is 0.162.